The summed E-state index contributed by atoms with van der Waals surface area (Å²) in [6.07, 6.45) is 3.16. The van der Waals surface area contributed by atoms with Crippen LogP contribution in [-0.2, 0) is 18.3 Å². The number of benzene rings is 1. The quantitative estimate of drug-likeness (QED) is 0.737. The van der Waals surface area contributed by atoms with Crippen molar-refractivity contribution in [3.63, 3.8) is 0 Å². The van der Waals surface area contributed by atoms with E-state index in [2.05, 4.69) is 33.0 Å². The largest absolute Gasteiger partial charge is 0.355 e. The van der Waals surface area contributed by atoms with E-state index in [-0.39, 0.29) is 5.91 Å². The molecule has 0 saturated carbocycles. The second-order valence-corrected chi connectivity index (χ2v) is 7.26. The highest BCUT2D eigenvalue weighted by Crippen LogP contribution is 2.24. The molecule has 0 bridgehead atoms. The fourth-order valence-corrected chi connectivity index (χ4v) is 3.80. The number of rotatable bonds is 7. The summed E-state index contributed by atoms with van der Waals surface area (Å²) >= 11 is 1.44. The van der Waals surface area contributed by atoms with Crippen molar-refractivity contribution in [2.75, 3.05) is 25.4 Å². The van der Waals surface area contributed by atoms with E-state index in [0.717, 1.165) is 36.9 Å². The molecule has 1 fully saturated rings. The first kappa shape index (κ1) is 17.9. The van der Waals surface area contributed by atoms with Gasteiger partial charge in [0.25, 0.3) is 0 Å². The van der Waals surface area contributed by atoms with Crippen molar-refractivity contribution >= 4 is 17.7 Å². The van der Waals surface area contributed by atoms with Crippen LogP contribution in [-0.4, -0.2) is 46.1 Å². The van der Waals surface area contributed by atoms with Crippen LogP contribution in [0.3, 0.4) is 0 Å². The molecule has 0 unspecified atom stereocenters. The summed E-state index contributed by atoms with van der Waals surface area (Å²) in [5.41, 5.74) is 1.23. The number of hydrogen-bond acceptors (Lipinski definition) is 5. The van der Waals surface area contributed by atoms with Gasteiger partial charge >= 0.3 is 0 Å². The molecule has 1 aromatic heterocycles. The Hall–Kier alpha value is -1.86. The van der Waals surface area contributed by atoms with Gasteiger partial charge in [0, 0.05) is 26.1 Å². The van der Waals surface area contributed by atoms with Crippen LogP contribution in [0.4, 0.5) is 0 Å². The second-order valence-electron chi connectivity index (χ2n) is 6.32. The molecule has 2 N–H and O–H groups in total. The summed E-state index contributed by atoms with van der Waals surface area (Å²) in [4.78, 5) is 12.0. The van der Waals surface area contributed by atoms with E-state index in [0.29, 0.717) is 18.2 Å². The Labute approximate surface area is 152 Å². The average molecular weight is 359 g/mol. The number of hydrogen-bond donors (Lipinski definition) is 2. The van der Waals surface area contributed by atoms with Crippen molar-refractivity contribution in [3.05, 3.63) is 41.7 Å². The number of piperidine rings is 1. The minimum atomic E-state index is 0.0322. The lowest BCUT2D eigenvalue weighted by Crippen LogP contribution is -2.30. The minimum Gasteiger partial charge on any atom is -0.355 e. The number of carbonyl (C=O) groups is 1. The molecule has 0 radical (unpaired) electrons. The lowest BCUT2D eigenvalue weighted by molar-refractivity contribution is -0.118. The number of amides is 1. The van der Waals surface area contributed by atoms with Crippen molar-refractivity contribution in [1.29, 1.82) is 0 Å². The van der Waals surface area contributed by atoms with Gasteiger partial charge in [-0.2, -0.15) is 0 Å². The lowest BCUT2D eigenvalue weighted by Gasteiger charge is -2.21. The number of thioether (sulfide) groups is 1. The number of nitrogens with one attached hydrogen (secondary N) is 2. The number of aromatic nitrogens is 3. The maximum atomic E-state index is 12.0. The summed E-state index contributed by atoms with van der Waals surface area (Å²) in [7, 11) is 1.99. The molecule has 1 aliphatic heterocycles. The molecule has 1 aliphatic rings. The van der Waals surface area contributed by atoms with E-state index in [9.17, 15) is 4.79 Å². The van der Waals surface area contributed by atoms with Gasteiger partial charge in [0.15, 0.2) is 5.16 Å². The molecule has 1 aromatic carbocycles. The zero-order valence-corrected chi connectivity index (χ0v) is 15.4. The Morgan fingerprint density at radius 2 is 2.20 bits per heavy atom. The maximum Gasteiger partial charge on any atom is 0.230 e. The van der Waals surface area contributed by atoms with E-state index in [4.69, 9.17) is 0 Å². The third-order valence-electron chi connectivity index (χ3n) is 4.44. The van der Waals surface area contributed by atoms with Crippen LogP contribution in [0, 0.1) is 0 Å². The predicted molar refractivity (Wildman–Crippen MR) is 99.7 cm³/mol. The van der Waals surface area contributed by atoms with Crippen LogP contribution >= 0.6 is 11.8 Å². The van der Waals surface area contributed by atoms with Gasteiger partial charge in [0.2, 0.25) is 5.91 Å². The highest BCUT2D eigenvalue weighted by Gasteiger charge is 2.21. The first-order valence-electron chi connectivity index (χ1n) is 8.77. The normalized spacial score (nSPS) is 17.4. The zero-order valence-electron chi connectivity index (χ0n) is 14.6. The maximum absolute atomic E-state index is 12.0. The summed E-state index contributed by atoms with van der Waals surface area (Å²) < 4.78 is 2.03. The van der Waals surface area contributed by atoms with Gasteiger partial charge in [0.05, 0.1) is 5.75 Å². The summed E-state index contributed by atoms with van der Waals surface area (Å²) in [5, 5.41) is 15.8. The van der Waals surface area contributed by atoms with Gasteiger partial charge < -0.3 is 15.2 Å². The average Bonchev–Trinajstić information content (AvgIpc) is 3.02. The molecule has 2 aromatic rings. The topological polar surface area (TPSA) is 71.8 Å². The molecule has 2 heterocycles. The Morgan fingerprint density at radius 3 is 2.96 bits per heavy atom. The van der Waals surface area contributed by atoms with Crippen molar-refractivity contribution in [3.8, 4) is 0 Å². The van der Waals surface area contributed by atoms with Crippen molar-refractivity contribution < 1.29 is 4.79 Å². The summed E-state index contributed by atoms with van der Waals surface area (Å²) in [5.74, 6) is 1.83. The standard InChI is InChI=1S/C18H25N5OS/c1-23-17(15-8-5-10-19-12-15)21-22-18(23)25-13-16(24)20-11-9-14-6-3-2-4-7-14/h2-4,6-7,15,19H,5,8-13H2,1H3,(H,20,24)/t15-/m0/s1. The van der Waals surface area contributed by atoms with Crippen LogP contribution in [0.5, 0.6) is 0 Å². The van der Waals surface area contributed by atoms with E-state index in [1.807, 2.05) is 29.8 Å². The van der Waals surface area contributed by atoms with Gasteiger partial charge in [-0.25, -0.2) is 0 Å². The first-order valence-corrected chi connectivity index (χ1v) is 9.76. The van der Waals surface area contributed by atoms with Gasteiger partial charge in [0.1, 0.15) is 5.82 Å². The third kappa shape index (κ3) is 5.06. The highest BCUT2D eigenvalue weighted by molar-refractivity contribution is 7.99. The smallest absolute Gasteiger partial charge is 0.230 e. The third-order valence-corrected chi connectivity index (χ3v) is 5.46. The fraction of sp³-hybridized carbons (Fsp3) is 0.500. The molecular formula is C18H25N5OS. The van der Waals surface area contributed by atoms with Crippen LogP contribution < -0.4 is 10.6 Å². The molecule has 1 saturated heterocycles. The minimum absolute atomic E-state index is 0.0322. The molecule has 3 rings (SSSR count). The molecule has 6 nitrogen and oxygen atoms in total. The lowest BCUT2D eigenvalue weighted by atomic mass is 9.99. The van der Waals surface area contributed by atoms with Gasteiger partial charge in [-0.15, -0.1) is 10.2 Å². The second kappa shape index (κ2) is 9.01. The molecule has 0 spiro atoms. The van der Waals surface area contributed by atoms with E-state index in [1.54, 1.807) is 0 Å². The first-order chi connectivity index (χ1) is 12.2. The Balaban J connectivity index is 1.43. The van der Waals surface area contributed by atoms with Gasteiger partial charge in [-0.3, -0.25) is 4.79 Å². The van der Waals surface area contributed by atoms with Crippen molar-refractivity contribution in [2.45, 2.75) is 30.3 Å². The van der Waals surface area contributed by atoms with Crippen molar-refractivity contribution in [1.82, 2.24) is 25.4 Å². The fourth-order valence-electron chi connectivity index (χ4n) is 3.05. The Morgan fingerprint density at radius 1 is 1.36 bits per heavy atom. The van der Waals surface area contributed by atoms with Gasteiger partial charge in [-0.1, -0.05) is 42.1 Å². The van der Waals surface area contributed by atoms with E-state index >= 15 is 0 Å². The molecule has 1 atom stereocenters. The van der Waals surface area contributed by atoms with E-state index in [1.165, 1.54) is 23.7 Å². The SMILES string of the molecule is Cn1c(SCC(=O)NCCc2ccccc2)nnc1[C@H]1CCCNC1. The van der Waals surface area contributed by atoms with Crippen LogP contribution in [0.2, 0.25) is 0 Å². The highest BCUT2D eigenvalue weighted by atomic mass is 32.2. The van der Waals surface area contributed by atoms with E-state index < -0.39 is 0 Å². The van der Waals surface area contributed by atoms with Crippen LogP contribution in [0.25, 0.3) is 0 Å². The molecule has 134 valence electrons. The molecule has 7 heteroatoms. The molecular weight excluding hydrogens is 334 g/mol. The summed E-state index contributed by atoms with van der Waals surface area (Å²) in [6, 6.07) is 10.2. The zero-order chi connectivity index (χ0) is 17.5. The Kier molecular flexibility index (Phi) is 6.47. The monoisotopic (exact) mass is 359 g/mol. The van der Waals surface area contributed by atoms with Gasteiger partial charge in [-0.05, 0) is 31.4 Å². The van der Waals surface area contributed by atoms with Crippen molar-refractivity contribution in [2.24, 2.45) is 7.05 Å². The number of carbonyl (C=O) groups excluding carboxylic acids is 1. The van der Waals surface area contributed by atoms with Crippen LogP contribution in [0.15, 0.2) is 35.5 Å². The molecule has 1 amide bonds. The van der Waals surface area contributed by atoms with Crippen LogP contribution in [0.1, 0.15) is 30.1 Å². The molecule has 0 aliphatic carbocycles. The summed E-state index contributed by atoms with van der Waals surface area (Å²) in [6.45, 7) is 2.69. The Bertz CT molecular complexity index is 682. The molecule has 25 heavy (non-hydrogen) atoms. The predicted octanol–water partition coefficient (Wildman–Crippen LogP) is 1.73. The number of nitrogens with zero attached hydrogens (tertiary/aromatic N) is 3.